The fourth-order valence-corrected chi connectivity index (χ4v) is 3.60. The highest BCUT2D eigenvalue weighted by molar-refractivity contribution is 5.95. The smallest absolute Gasteiger partial charge is 0.293 e. The maximum atomic E-state index is 11.6. The molecule has 1 fully saturated rings. The summed E-state index contributed by atoms with van der Waals surface area (Å²) in [7, 11) is 3.19. The number of ketones is 1. The van der Waals surface area contributed by atoms with E-state index in [1.54, 1.807) is 26.4 Å². The minimum Gasteiger partial charge on any atom is -0.497 e. The van der Waals surface area contributed by atoms with Gasteiger partial charge in [-0.15, -0.1) is 0 Å². The van der Waals surface area contributed by atoms with Crippen LogP contribution in [0.1, 0.15) is 41.7 Å². The third kappa shape index (κ3) is 3.58. The predicted molar refractivity (Wildman–Crippen MR) is 102 cm³/mol. The molecule has 1 aliphatic heterocycles. The van der Waals surface area contributed by atoms with Gasteiger partial charge in [-0.1, -0.05) is 0 Å². The summed E-state index contributed by atoms with van der Waals surface area (Å²) in [6.07, 6.45) is 1.76. The highest BCUT2D eigenvalue weighted by Gasteiger charge is 2.33. The number of carbonyl (C=O) groups excluding carboxylic acids is 1. The van der Waals surface area contributed by atoms with Gasteiger partial charge in [-0.05, 0) is 44.0 Å². The summed E-state index contributed by atoms with van der Waals surface area (Å²) in [4.78, 5) is 24.8. The molecule has 27 heavy (non-hydrogen) atoms. The SMILES string of the molecule is COc1ccc(C2CCCN2c2ccc(C(C)=O)cc2[N+](=O)[O-])c(OC)c1. The Morgan fingerprint density at radius 3 is 2.59 bits per heavy atom. The monoisotopic (exact) mass is 370 g/mol. The predicted octanol–water partition coefficient (Wildman–Crippen LogP) is 4.16. The van der Waals surface area contributed by atoms with E-state index in [4.69, 9.17) is 9.47 Å². The van der Waals surface area contributed by atoms with Gasteiger partial charge in [-0.25, -0.2) is 0 Å². The highest BCUT2D eigenvalue weighted by atomic mass is 16.6. The van der Waals surface area contributed by atoms with Crippen LogP contribution in [0.2, 0.25) is 0 Å². The van der Waals surface area contributed by atoms with Gasteiger partial charge < -0.3 is 14.4 Å². The van der Waals surface area contributed by atoms with Gasteiger partial charge in [0.25, 0.3) is 5.69 Å². The Kier molecular flexibility index (Phi) is 5.30. The first-order valence-corrected chi connectivity index (χ1v) is 8.74. The van der Waals surface area contributed by atoms with Crippen molar-refractivity contribution in [1.29, 1.82) is 0 Å². The number of rotatable bonds is 6. The summed E-state index contributed by atoms with van der Waals surface area (Å²) in [6, 6.07) is 10.2. The van der Waals surface area contributed by atoms with Crippen LogP contribution >= 0.6 is 0 Å². The Hall–Kier alpha value is -3.09. The summed E-state index contributed by atoms with van der Waals surface area (Å²) in [5.41, 5.74) is 1.76. The average molecular weight is 370 g/mol. The summed E-state index contributed by atoms with van der Waals surface area (Å²) >= 11 is 0. The summed E-state index contributed by atoms with van der Waals surface area (Å²) < 4.78 is 10.8. The number of methoxy groups -OCH3 is 2. The highest BCUT2D eigenvalue weighted by Crippen LogP contribution is 2.44. The molecule has 1 saturated heterocycles. The van der Waals surface area contributed by atoms with Gasteiger partial charge in [-0.3, -0.25) is 14.9 Å². The van der Waals surface area contributed by atoms with Crippen LogP contribution in [0.3, 0.4) is 0 Å². The fourth-order valence-electron chi connectivity index (χ4n) is 3.60. The van der Waals surface area contributed by atoms with E-state index in [1.807, 2.05) is 23.1 Å². The van der Waals surface area contributed by atoms with Crippen LogP contribution in [-0.4, -0.2) is 31.5 Å². The lowest BCUT2D eigenvalue weighted by atomic mass is 10.0. The van der Waals surface area contributed by atoms with E-state index in [0.29, 0.717) is 29.3 Å². The van der Waals surface area contributed by atoms with E-state index in [2.05, 4.69) is 0 Å². The largest absolute Gasteiger partial charge is 0.497 e. The molecule has 0 aliphatic carbocycles. The molecule has 2 aromatic carbocycles. The second-order valence-corrected chi connectivity index (χ2v) is 6.48. The van der Waals surface area contributed by atoms with Crippen molar-refractivity contribution >= 4 is 17.2 Å². The van der Waals surface area contributed by atoms with Gasteiger partial charge in [0.15, 0.2) is 5.78 Å². The molecule has 2 aromatic rings. The number of hydrogen-bond acceptors (Lipinski definition) is 6. The molecule has 1 aliphatic rings. The van der Waals surface area contributed by atoms with Crippen LogP contribution in [0.5, 0.6) is 11.5 Å². The Labute approximate surface area is 157 Å². The maximum Gasteiger partial charge on any atom is 0.293 e. The molecular weight excluding hydrogens is 348 g/mol. The zero-order valence-electron chi connectivity index (χ0n) is 15.6. The lowest BCUT2D eigenvalue weighted by Crippen LogP contribution is -2.24. The van der Waals surface area contributed by atoms with Crippen molar-refractivity contribution in [3.63, 3.8) is 0 Å². The van der Waals surface area contributed by atoms with Crippen LogP contribution in [0, 0.1) is 10.1 Å². The van der Waals surface area contributed by atoms with E-state index in [-0.39, 0.29) is 17.5 Å². The average Bonchev–Trinajstić information content (AvgIpc) is 3.16. The topological polar surface area (TPSA) is 81.9 Å². The van der Waals surface area contributed by atoms with Gasteiger partial charge >= 0.3 is 0 Å². The summed E-state index contributed by atoms with van der Waals surface area (Å²) in [5.74, 6) is 1.19. The van der Waals surface area contributed by atoms with E-state index >= 15 is 0 Å². The number of nitro benzene ring substituents is 1. The molecular formula is C20H22N2O5. The number of anilines is 1. The van der Waals surface area contributed by atoms with Gasteiger partial charge in [0.05, 0.1) is 25.2 Å². The molecule has 7 heteroatoms. The van der Waals surface area contributed by atoms with E-state index in [1.165, 1.54) is 13.0 Å². The molecule has 142 valence electrons. The Morgan fingerprint density at radius 2 is 1.96 bits per heavy atom. The zero-order chi connectivity index (χ0) is 19.6. The van der Waals surface area contributed by atoms with Crippen LogP contribution in [0.25, 0.3) is 0 Å². The summed E-state index contributed by atoms with van der Waals surface area (Å²) in [6.45, 7) is 2.10. The Bertz CT molecular complexity index is 881. The molecule has 1 heterocycles. The molecule has 0 radical (unpaired) electrons. The van der Waals surface area contributed by atoms with Crippen LogP contribution in [0.4, 0.5) is 11.4 Å². The van der Waals surface area contributed by atoms with E-state index in [0.717, 1.165) is 18.4 Å². The Balaban J connectivity index is 2.05. The molecule has 1 unspecified atom stereocenters. The number of nitrogens with zero attached hydrogens (tertiary/aromatic N) is 2. The second-order valence-electron chi connectivity index (χ2n) is 6.48. The molecule has 0 aromatic heterocycles. The van der Waals surface area contributed by atoms with Crippen molar-refractivity contribution in [3.05, 3.63) is 57.6 Å². The van der Waals surface area contributed by atoms with Crippen molar-refractivity contribution in [3.8, 4) is 11.5 Å². The molecule has 0 saturated carbocycles. The van der Waals surface area contributed by atoms with Crippen molar-refractivity contribution in [2.45, 2.75) is 25.8 Å². The molecule has 1 atom stereocenters. The first kappa shape index (κ1) is 18.7. The first-order valence-electron chi connectivity index (χ1n) is 8.74. The van der Waals surface area contributed by atoms with Crippen LogP contribution in [-0.2, 0) is 0 Å². The minimum atomic E-state index is -0.428. The number of ether oxygens (including phenoxy) is 2. The number of carbonyl (C=O) groups is 1. The molecule has 0 N–H and O–H groups in total. The normalized spacial score (nSPS) is 16.3. The molecule has 0 amide bonds. The van der Waals surface area contributed by atoms with Gasteiger partial charge in [0, 0.05) is 29.8 Å². The zero-order valence-corrected chi connectivity index (χ0v) is 15.6. The fraction of sp³-hybridized carbons (Fsp3) is 0.350. The quantitative estimate of drug-likeness (QED) is 0.431. The Morgan fingerprint density at radius 1 is 1.19 bits per heavy atom. The van der Waals surface area contributed by atoms with Gasteiger partial charge in [-0.2, -0.15) is 0 Å². The third-order valence-electron chi connectivity index (χ3n) is 4.94. The molecule has 3 rings (SSSR count). The third-order valence-corrected chi connectivity index (χ3v) is 4.94. The van der Waals surface area contributed by atoms with Gasteiger partial charge in [0.2, 0.25) is 0 Å². The molecule has 0 bridgehead atoms. The van der Waals surface area contributed by atoms with Gasteiger partial charge in [0.1, 0.15) is 17.2 Å². The number of Topliss-reactive ketones (excluding diaryl/α,β-unsaturated/α-hetero) is 1. The minimum absolute atomic E-state index is 0.0484. The van der Waals surface area contributed by atoms with Crippen LogP contribution < -0.4 is 14.4 Å². The van der Waals surface area contributed by atoms with E-state index in [9.17, 15) is 14.9 Å². The van der Waals surface area contributed by atoms with Crippen molar-refractivity contribution in [2.24, 2.45) is 0 Å². The maximum absolute atomic E-state index is 11.6. The number of nitro groups is 1. The van der Waals surface area contributed by atoms with E-state index < -0.39 is 4.92 Å². The number of hydrogen-bond donors (Lipinski definition) is 0. The summed E-state index contributed by atoms with van der Waals surface area (Å²) in [5, 5.41) is 11.6. The van der Waals surface area contributed by atoms with Crippen molar-refractivity contribution < 1.29 is 19.2 Å². The second kappa shape index (κ2) is 7.65. The first-order chi connectivity index (χ1) is 13.0. The standard InChI is InChI=1S/C20H22N2O5/c1-13(23)14-6-9-18(19(11-14)22(24)25)21-10-4-5-17(21)16-8-7-15(26-2)12-20(16)27-3/h6-9,11-12,17H,4-5,10H2,1-3H3. The van der Waals surface area contributed by atoms with Crippen molar-refractivity contribution in [2.75, 3.05) is 25.7 Å². The lowest BCUT2D eigenvalue weighted by Gasteiger charge is -2.28. The lowest BCUT2D eigenvalue weighted by molar-refractivity contribution is -0.384. The van der Waals surface area contributed by atoms with Crippen molar-refractivity contribution in [1.82, 2.24) is 0 Å². The van der Waals surface area contributed by atoms with Crippen LogP contribution in [0.15, 0.2) is 36.4 Å². The molecule has 7 nitrogen and oxygen atoms in total. The number of benzene rings is 2. The molecule has 0 spiro atoms.